The molecule has 0 aromatic heterocycles. The van der Waals surface area contributed by atoms with Crippen LogP contribution in [0.5, 0.6) is 0 Å². The Labute approximate surface area is 289 Å². The SMILES string of the molecule is CC(C)c1ccc(/C=C(/NC(=O)c2ccccc2)C(=O)Nc2cccc(SC(C(=O)Nc3ccc(C(=O)O)cc3)c3ccccc3)c2)cc1. The number of amides is 3. The van der Waals surface area contributed by atoms with Crippen LogP contribution in [0.2, 0.25) is 0 Å². The molecule has 246 valence electrons. The van der Waals surface area contributed by atoms with Crippen molar-refractivity contribution < 1.29 is 24.3 Å². The average molecular weight is 670 g/mol. The summed E-state index contributed by atoms with van der Waals surface area (Å²) in [6, 6.07) is 38.8. The first kappa shape index (κ1) is 34.4. The van der Waals surface area contributed by atoms with E-state index in [2.05, 4.69) is 29.8 Å². The van der Waals surface area contributed by atoms with Crippen molar-refractivity contribution >= 4 is 52.9 Å². The smallest absolute Gasteiger partial charge is 0.335 e. The third-order valence-corrected chi connectivity index (χ3v) is 8.78. The fourth-order valence-electron chi connectivity index (χ4n) is 4.87. The molecule has 0 saturated carbocycles. The Kier molecular flexibility index (Phi) is 11.4. The van der Waals surface area contributed by atoms with Gasteiger partial charge in [-0.1, -0.05) is 92.7 Å². The van der Waals surface area contributed by atoms with Gasteiger partial charge in [0.25, 0.3) is 11.8 Å². The van der Waals surface area contributed by atoms with Crippen LogP contribution in [0.4, 0.5) is 11.4 Å². The summed E-state index contributed by atoms with van der Waals surface area (Å²) in [5.74, 6) is -1.93. The van der Waals surface area contributed by atoms with Crippen molar-refractivity contribution in [2.75, 3.05) is 10.6 Å². The number of nitrogens with one attached hydrogen (secondary N) is 3. The van der Waals surface area contributed by atoms with Gasteiger partial charge in [-0.3, -0.25) is 14.4 Å². The number of carbonyl (C=O) groups excluding carboxylic acids is 3. The van der Waals surface area contributed by atoms with Crippen molar-refractivity contribution in [3.05, 3.63) is 167 Å². The Balaban J connectivity index is 1.37. The van der Waals surface area contributed by atoms with E-state index in [1.165, 1.54) is 23.9 Å². The molecule has 0 aliphatic carbocycles. The zero-order valence-electron chi connectivity index (χ0n) is 26.9. The van der Waals surface area contributed by atoms with Crippen molar-refractivity contribution in [2.45, 2.75) is 29.9 Å². The molecule has 0 radical (unpaired) electrons. The highest BCUT2D eigenvalue weighted by Gasteiger charge is 2.23. The first-order valence-electron chi connectivity index (χ1n) is 15.6. The summed E-state index contributed by atoms with van der Waals surface area (Å²) in [6.07, 6.45) is 1.64. The van der Waals surface area contributed by atoms with Crippen LogP contribution in [0.15, 0.2) is 144 Å². The van der Waals surface area contributed by atoms with Crippen molar-refractivity contribution in [2.24, 2.45) is 0 Å². The minimum atomic E-state index is -1.05. The number of aromatic carboxylic acids is 1. The average Bonchev–Trinajstić information content (AvgIpc) is 3.11. The number of carboxylic acid groups (broad SMARTS) is 1. The van der Waals surface area contributed by atoms with Gasteiger partial charge in [0.2, 0.25) is 5.91 Å². The Bertz CT molecular complexity index is 1960. The molecule has 4 N–H and O–H groups in total. The Morgan fingerprint density at radius 3 is 1.94 bits per heavy atom. The topological polar surface area (TPSA) is 125 Å². The molecule has 1 unspecified atom stereocenters. The van der Waals surface area contributed by atoms with E-state index in [9.17, 15) is 24.3 Å². The molecule has 9 heteroatoms. The quantitative estimate of drug-likeness (QED) is 0.0782. The molecule has 5 aromatic rings. The van der Waals surface area contributed by atoms with E-state index in [0.717, 1.165) is 16.7 Å². The molecule has 0 spiro atoms. The molecular weight excluding hydrogens is 635 g/mol. The standard InChI is InChI=1S/C40H35N3O5S/c1-26(2)28-18-16-27(17-19-28)24-35(43-37(44)30-12-7-4-8-13-30)38(45)42-33-14-9-15-34(25-33)49-36(29-10-5-3-6-11-29)39(46)41-32-22-20-31(21-23-32)40(47)48/h3-26,36H,1-2H3,(H,41,46)(H,42,45)(H,43,44)(H,47,48)/b35-24+. The maximum atomic E-state index is 13.7. The zero-order chi connectivity index (χ0) is 34.8. The van der Waals surface area contributed by atoms with Gasteiger partial charge in [0.1, 0.15) is 10.9 Å². The van der Waals surface area contributed by atoms with Crippen molar-refractivity contribution in [1.82, 2.24) is 5.32 Å². The minimum Gasteiger partial charge on any atom is -0.478 e. The second-order valence-electron chi connectivity index (χ2n) is 11.5. The number of anilines is 2. The summed E-state index contributed by atoms with van der Waals surface area (Å²) >= 11 is 1.30. The van der Waals surface area contributed by atoms with Crippen LogP contribution in [-0.4, -0.2) is 28.8 Å². The van der Waals surface area contributed by atoms with Gasteiger partial charge in [-0.2, -0.15) is 0 Å². The van der Waals surface area contributed by atoms with Crippen LogP contribution < -0.4 is 16.0 Å². The molecule has 0 bridgehead atoms. The minimum absolute atomic E-state index is 0.0691. The number of hydrogen-bond donors (Lipinski definition) is 4. The van der Waals surface area contributed by atoms with E-state index < -0.39 is 23.0 Å². The van der Waals surface area contributed by atoms with Gasteiger partial charge in [-0.15, -0.1) is 11.8 Å². The third kappa shape index (κ3) is 9.56. The molecule has 0 fully saturated rings. The Morgan fingerprint density at radius 2 is 1.31 bits per heavy atom. The molecular formula is C40H35N3O5S. The predicted molar refractivity (Wildman–Crippen MR) is 195 cm³/mol. The van der Waals surface area contributed by atoms with Gasteiger partial charge < -0.3 is 21.1 Å². The van der Waals surface area contributed by atoms with Crippen LogP contribution >= 0.6 is 11.8 Å². The monoisotopic (exact) mass is 669 g/mol. The lowest BCUT2D eigenvalue weighted by Crippen LogP contribution is -2.30. The van der Waals surface area contributed by atoms with Gasteiger partial charge >= 0.3 is 5.97 Å². The molecule has 0 aliphatic rings. The highest BCUT2D eigenvalue weighted by Crippen LogP contribution is 2.37. The highest BCUT2D eigenvalue weighted by atomic mass is 32.2. The van der Waals surface area contributed by atoms with Crippen LogP contribution in [0.25, 0.3) is 6.08 Å². The lowest BCUT2D eigenvalue weighted by molar-refractivity contribution is -0.116. The molecule has 8 nitrogen and oxygen atoms in total. The van der Waals surface area contributed by atoms with Crippen LogP contribution in [-0.2, 0) is 9.59 Å². The summed E-state index contributed by atoms with van der Waals surface area (Å²) in [6.45, 7) is 4.21. The number of hydrogen-bond acceptors (Lipinski definition) is 5. The number of carbonyl (C=O) groups is 4. The first-order valence-corrected chi connectivity index (χ1v) is 16.5. The normalized spacial score (nSPS) is 11.8. The Hall–Kier alpha value is -5.93. The lowest BCUT2D eigenvalue weighted by atomic mass is 10.0. The molecule has 3 amide bonds. The summed E-state index contributed by atoms with van der Waals surface area (Å²) in [7, 11) is 0. The fourth-order valence-corrected chi connectivity index (χ4v) is 5.96. The van der Waals surface area contributed by atoms with Crippen molar-refractivity contribution in [3.63, 3.8) is 0 Å². The highest BCUT2D eigenvalue weighted by molar-refractivity contribution is 8.00. The van der Waals surface area contributed by atoms with Crippen LogP contribution in [0, 0.1) is 0 Å². The van der Waals surface area contributed by atoms with Gasteiger partial charge in [-0.05, 0) is 83.3 Å². The summed E-state index contributed by atoms with van der Waals surface area (Å²) < 4.78 is 0. The van der Waals surface area contributed by atoms with Gasteiger partial charge in [-0.25, -0.2) is 4.79 Å². The van der Waals surface area contributed by atoms with E-state index in [0.29, 0.717) is 27.8 Å². The summed E-state index contributed by atoms with van der Waals surface area (Å²) in [5, 5.41) is 17.1. The van der Waals surface area contributed by atoms with Gasteiger partial charge in [0.05, 0.1) is 5.56 Å². The van der Waals surface area contributed by atoms with E-state index in [-0.39, 0.29) is 17.2 Å². The van der Waals surface area contributed by atoms with Crippen molar-refractivity contribution in [1.29, 1.82) is 0 Å². The first-order chi connectivity index (χ1) is 23.7. The van der Waals surface area contributed by atoms with Crippen LogP contribution in [0.1, 0.15) is 62.4 Å². The molecule has 49 heavy (non-hydrogen) atoms. The van der Waals surface area contributed by atoms with E-state index in [1.807, 2.05) is 66.7 Å². The molecule has 1 atom stereocenters. The Morgan fingerprint density at radius 1 is 0.653 bits per heavy atom. The van der Waals surface area contributed by atoms with Gasteiger partial charge in [0.15, 0.2) is 0 Å². The van der Waals surface area contributed by atoms with E-state index in [1.54, 1.807) is 60.7 Å². The predicted octanol–water partition coefficient (Wildman–Crippen LogP) is 8.39. The maximum absolute atomic E-state index is 13.7. The summed E-state index contributed by atoms with van der Waals surface area (Å²) in [4.78, 5) is 52.3. The molecule has 0 saturated heterocycles. The molecule has 5 aromatic carbocycles. The van der Waals surface area contributed by atoms with E-state index in [4.69, 9.17) is 0 Å². The lowest BCUT2D eigenvalue weighted by Gasteiger charge is -2.18. The van der Waals surface area contributed by atoms with Gasteiger partial charge in [0, 0.05) is 21.8 Å². The number of thioether (sulfide) groups is 1. The maximum Gasteiger partial charge on any atom is 0.335 e. The largest absolute Gasteiger partial charge is 0.478 e. The zero-order valence-corrected chi connectivity index (χ0v) is 27.7. The third-order valence-electron chi connectivity index (χ3n) is 7.53. The number of carboxylic acids is 1. The molecule has 0 aliphatic heterocycles. The number of benzene rings is 5. The van der Waals surface area contributed by atoms with E-state index >= 15 is 0 Å². The molecule has 0 heterocycles. The van der Waals surface area contributed by atoms with Crippen molar-refractivity contribution in [3.8, 4) is 0 Å². The second-order valence-corrected chi connectivity index (χ2v) is 12.6. The molecule has 5 rings (SSSR count). The second kappa shape index (κ2) is 16.3. The fraction of sp³-hybridized carbons (Fsp3) is 0.100. The number of rotatable bonds is 12. The summed E-state index contributed by atoms with van der Waals surface area (Å²) in [5.41, 5.74) is 4.21. The van der Waals surface area contributed by atoms with Crippen LogP contribution in [0.3, 0.4) is 0 Å².